The fourth-order valence-corrected chi connectivity index (χ4v) is 2.45. The summed E-state index contributed by atoms with van der Waals surface area (Å²) in [5.41, 5.74) is 1.12. The van der Waals surface area contributed by atoms with Gasteiger partial charge in [-0.25, -0.2) is 4.79 Å². The van der Waals surface area contributed by atoms with Gasteiger partial charge < -0.3 is 19.1 Å². The summed E-state index contributed by atoms with van der Waals surface area (Å²) in [6, 6.07) is 13.3. The number of rotatable bonds is 8. The van der Waals surface area contributed by atoms with Crippen LogP contribution in [-0.4, -0.2) is 35.8 Å². The summed E-state index contributed by atoms with van der Waals surface area (Å²) in [6.45, 7) is 1.11. The van der Waals surface area contributed by atoms with Gasteiger partial charge in [0.15, 0.2) is 5.76 Å². The molecule has 8 nitrogen and oxygen atoms in total. The van der Waals surface area contributed by atoms with Crippen LogP contribution >= 0.6 is 0 Å². The number of hydrogen-bond acceptors (Lipinski definition) is 6. The third kappa shape index (κ3) is 4.41. The van der Waals surface area contributed by atoms with Crippen LogP contribution in [-0.2, 0) is 11.3 Å². The molecule has 26 heavy (non-hydrogen) atoms. The number of aromatic nitrogens is 2. The zero-order valence-electron chi connectivity index (χ0n) is 14.4. The molecule has 3 aromatic rings. The second-order valence-electron chi connectivity index (χ2n) is 5.77. The lowest BCUT2D eigenvalue weighted by atomic mass is 10.3. The van der Waals surface area contributed by atoms with Crippen molar-refractivity contribution in [2.45, 2.75) is 13.0 Å². The molecule has 3 rings (SSSR count). The van der Waals surface area contributed by atoms with E-state index in [1.807, 2.05) is 37.4 Å². The molecule has 0 unspecified atom stereocenters. The Morgan fingerprint density at radius 3 is 2.77 bits per heavy atom. The first-order chi connectivity index (χ1) is 12.6. The van der Waals surface area contributed by atoms with Gasteiger partial charge in [-0.15, -0.1) is 5.10 Å². The average Bonchev–Trinajstić information content (AvgIpc) is 3.30. The quantitative estimate of drug-likeness (QED) is 0.618. The van der Waals surface area contributed by atoms with Crippen molar-refractivity contribution in [2.75, 3.05) is 25.0 Å². The Morgan fingerprint density at radius 1 is 1.23 bits per heavy atom. The summed E-state index contributed by atoms with van der Waals surface area (Å²) in [5.74, 6) is -0.605. The maximum absolute atomic E-state index is 12.0. The SMILES string of the molecule is CN(CCCNC(=O)Cn1nc(-c2ccco2)oc1=O)c1ccccc1. The molecule has 0 saturated heterocycles. The molecule has 0 fully saturated rings. The first-order valence-corrected chi connectivity index (χ1v) is 8.28. The van der Waals surface area contributed by atoms with E-state index < -0.39 is 5.76 Å². The van der Waals surface area contributed by atoms with Gasteiger partial charge in [0.2, 0.25) is 5.91 Å². The maximum atomic E-state index is 12.0. The summed E-state index contributed by atoms with van der Waals surface area (Å²) < 4.78 is 11.1. The van der Waals surface area contributed by atoms with Gasteiger partial charge in [0.1, 0.15) is 6.54 Å². The predicted molar refractivity (Wildman–Crippen MR) is 95.8 cm³/mol. The molecule has 0 radical (unpaired) electrons. The first-order valence-electron chi connectivity index (χ1n) is 8.28. The standard InChI is InChI=1S/C18H20N4O4/c1-21(14-7-3-2-4-8-14)11-6-10-19-16(23)13-22-18(24)26-17(20-22)15-9-5-12-25-15/h2-5,7-9,12H,6,10-11,13H2,1H3,(H,19,23). The van der Waals surface area contributed by atoms with Crippen LogP contribution in [0.5, 0.6) is 0 Å². The fourth-order valence-electron chi connectivity index (χ4n) is 2.45. The topological polar surface area (TPSA) is 93.5 Å². The Labute approximate surface area is 150 Å². The predicted octanol–water partition coefficient (Wildman–Crippen LogP) is 1.74. The molecule has 8 heteroatoms. The van der Waals surface area contributed by atoms with Crippen molar-refractivity contribution in [3.8, 4) is 11.7 Å². The lowest BCUT2D eigenvalue weighted by molar-refractivity contribution is -0.121. The number of nitrogens with one attached hydrogen (secondary N) is 1. The molecule has 1 amide bonds. The Hall–Kier alpha value is -3.29. The minimum Gasteiger partial charge on any atom is -0.459 e. The van der Waals surface area contributed by atoms with Crippen LogP contribution in [0, 0.1) is 0 Å². The van der Waals surface area contributed by atoms with Crippen molar-refractivity contribution in [3.05, 3.63) is 59.3 Å². The minimum absolute atomic E-state index is 0.0530. The van der Waals surface area contributed by atoms with Crippen molar-refractivity contribution in [1.82, 2.24) is 15.1 Å². The highest BCUT2D eigenvalue weighted by molar-refractivity contribution is 5.75. The number of para-hydroxylation sites is 1. The van der Waals surface area contributed by atoms with E-state index in [4.69, 9.17) is 8.83 Å². The summed E-state index contributed by atoms with van der Waals surface area (Å²) >= 11 is 0. The molecule has 1 aromatic carbocycles. The van der Waals surface area contributed by atoms with E-state index in [0.717, 1.165) is 23.3 Å². The van der Waals surface area contributed by atoms with Crippen LogP contribution in [0.15, 0.2) is 62.4 Å². The van der Waals surface area contributed by atoms with Crippen LogP contribution in [0.3, 0.4) is 0 Å². The molecule has 0 saturated carbocycles. The molecule has 136 valence electrons. The lowest BCUT2D eigenvalue weighted by Crippen LogP contribution is -2.33. The van der Waals surface area contributed by atoms with E-state index in [1.165, 1.54) is 6.26 Å². The van der Waals surface area contributed by atoms with Crippen molar-refractivity contribution in [2.24, 2.45) is 0 Å². The molecule has 1 N–H and O–H groups in total. The van der Waals surface area contributed by atoms with Gasteiger partial charge in [0.05, 0.1) is 6.26 Å². The van der Waals surface area contributed by atoms with Gasteiger partial charge in [-0.05, 0) is 30.7 Å². The summed E-state index contributed by atoms with van der Waals surface area (Å²) in [5, 5.41) is 6.74. The van der Waals surface area contributed by atoms with E-state index in [1.54, 1.807) is 12.1 Å². The van der Waals surface area contributed by atoms with Crippen LogP contribution in [0.2, 0.25) is 0 Å². The van der Waals surface area contributed by atoms with Gasteiger partial charge in [-0.3, -0.25) is 4.79 Å². The van der Waals surface area contributed by atoms with Crippen molar-refractivity contribution >= 4 is 11.6 Å². The molecular weight excluding hydrogens is 336 g/mol. The lowest BCUT2D eigenvalue weighted by Gasteiger charge is -2.19. The number of amides is 1. The molecule has 0 atom stereocenters. The van der Waals surface area contributed by atoms with Crippen molar-refractivity contribution in [3.63, 3.8) is 0 Å². The summed E-state index contributed by atoms with van der Waals surface area (Å²) in [7, 11) is 2.00. The number of carbonyl (C=O) groups excluding carboxylic acids is 1. The van der Waals surface area contributed by atoms with E-state index in [0.29, 0.717) is 12.3 Å². The Bertz CT molecular complexity index is 884. The highest BCUT2D eigenvalue weighted by Gasteiger charge is 2.14. The van der Waals surface area contributed by atoms with E-state index in [9.17, 15) is 9.59 Å². The van der Waals surface area contributed by atoms with Gasteiger partial charge in [0.25, 0.3) is 5.89 Å². The van der Waals surface area contributed by atoms with Crippen molar-refractivity contribution < 1.29 is 13.6 Å². The number of furan rings is 1. The second-order valence-corrected chi connectivity index (χ2v) is 5.77. The smallest absolute Gasteiger partial charge is 0.437 e. The van der Waals surface area contributed by atoms with E-state index in [-0.39, 0.29) is 18.3 Å². The maximum Gasteiger partial charge on any atom is 0.437 e. The zero-order chi connectivity index (χ0) is 18.4. The van der Waals surface area contributed by atoms with E-state index in [2.05, 4.69) is 15.3 Å². The van der Waals surface area contributed by atoms with Crippen LogP contribution in [0.1, 0.15) is 6.42 Å². The Morgan fingerprint density at radius 2 is 2.04 bits per heavy atom. The highest BCUT2D eigenvalue weighted by atomic mass is 16.4. The van der Waals surface area contributed by atoms with Gasteiger partial charge in [-0.1, -0.05) is 18.2 Å². The van der Waals surface area contributed by atoms with Crippen molar-refractivity contribution in [1.29, 1.82) is 0 Å². The minimum atomic E-state index is -0.699. The highest BCUT2D eigenvalue weighted by Crippen LogP contribution is 2.14. The van der Waals surface area contributed by atoms with E-state index >= 15 is 0 Å². The monoisotopic (exact) mass is 356 g/mol. The third-order valence-corrected chi connectivity index (χ3v) is 3.82. The molecule has 0 aliphatic carbocycles. The molecule has 2 aromatic heterocycles. The molecule has 0 aliphatic heterocycles. The first kappa shape index (κ1) is 17.5. The van der Waals surface area contributed by atoms with Crippen LogP contribution in [0.25, 0.3) is 11.7 Å². The molecule has 0 spiro atoms. The Balaban J connectivity index is 1.44. The Kier molecular flexibility index (Phi) is 5.52. The number of hydrogen-bond donors (Lipinski definition) is 1. The van der Waals surface area contributed by atoms with Crippen LogP contribution < -0.4 is 16.0 Å². The third-order valence-electron chi connectivity index (χ3n) is 3.82. The molecule has 2 heterocycles. The average molecular weight is 356 g/mol. The molecular formula is C18H20N4O4. The van der Waals surface area contributed by atoms with Gasteiger partial charge in [-0.2, -0.15) is 4.68 Å². The van der Waals surface area contributed by atoms with Crippen LogP contribution in [0.4, 0.5) is 5.69 Å². The summed E-state index contributed by atoms with van der Waals surface area (Å²) in [4.78, 5) is 25.9. The fraction of sp³-hybridized carbons (Fsp3) is 0.278. The molecule has 0 bridgehead atoms. The normalized spacial score (nSPS) is 10.7. The van der Waals surface area contributed by atoms with Gasteiger partial charge in [0, 0.05) is 25.8 Å². The zero-order valence-corrected chi connectivity index (χ0v) is 14.4. The largest absolute Gasteiger partial charge is 0.459 e. The number of anilines is 1. The number of carbonyl (C=O) groups is 1. The molecule has 0 aliphatic rings. The number of nitrogens with zero attached hydrogens (tertiary/aromatic N) is 3. The number of benzene rings is 1. The summed E-state index contributed by atoms with van der Waals surface area (Å²) in [6.07, 6.45) is 2.23. The van der Waals surface area contributed by atoms with Gasteiger partial charge >= 0.3 is 5.76 Å². The second kappa shape index (κ2) is 8.19.